The second kappa shape index (κ2) is 5.74. The smallest absolute Gasteiger partial charge is 0.323 e. The van der Waals surface area contributed by atoms with Crippen LogP contribution < -0.4 is 5.69 Å². The van der Waals surface area contributed by atoms with Crippen LogP contribution in [0.2, 0.25) is 0 Å². The zero-order valence-electron chi connectivity index (χ0n) is 11.3. The van der Waals surface area contributed by atoms with Crippen molar-refractivity contribution in [1.82, 2.24) is 9.97 Å². The van der Waals surface area contributed by atoms with Crippen LogP contribution in [0, 0.1) is 5.92 Å². The van der Waals surface area contributed by atoms with Crippen LogP contribution in [0.1, 0.15) is 50.2 Å². The first-order valence-electron chi connectivity index (χ1n) is 7.23. The van der Waals surface area contributed by atoms with E-state index in [1.807, 2.05) is 12.1 Å². The number of aromatic nitrogens is 2. The molecule has 1 saturated carbocycles. The Kier molecular flexibility index (Phi) is 3.98. The summed E-state index contributed by atoms with van der Waals surface area (Å²) in [6.45, 7) is 0. The highest BCUT2D eigenvalue weighted by Gasteiger charge is 2.20. The van der Waals surface area contributed by atoms with Crippen molar-refractivity contribution in [1.29, 1.82) is 0 Å². The third kappa shape index (κ3) is 2.83. The van der Waals surface area contributed by atoms with Gasteiger partial charge < -0.3 is 15.1 Å². The predicted molar refractivity (Wildman–Crippen MR) is 82.8 cm³/mol. The van der Waals surface area contributed by atoms with E-state index in [1.165, 1.54) is 32.1 Å². The van der Waals surface area contributed by atoms with Crippen LogP contribution >= 0.6 is 15.9 Å². The summed E-state index contributed by atoms with van der Waals surface area (Å²) in [5.74, 6) is 0.617. The number of benzene rings is 1. The monoisotopic (exact) mass is 338 g/mol. The van der Waals surface area contributed by atoms with Crippen molar-refractivity contribution in [2.24, 2.45) is 5.92 Å². The molecule has 0 amide bonds. The molecule has 1 aliphatic carbocycles. The summed E-state index contributed by atoms with van der Waals surface area (Å²) in [5.41, 5.74) is 2.15. The van der Waals surface area contributed by atoms with E-state index >= 15 is 0 Å². The molecule has 0 bridgehead atoms. The van der Waals surface area contributed by atoms with Crippen LogP contribution in [0.4, 0.5) is 0 Å². The quantitative estimate of drug-likeness (QED) is 0.799. The van der Waals surface area contributed by atoms with Gasteiger partial charge in [0.05, 0.1) is 17.1 Å². The molecule has 1 fully saturated rings. The number of aliphatic hydroxyl groups excluding tert-OH is 1. The number of imidazole rings is 1. The summed E-state index contributed by atoms with van der Waals surface area (Å²) in [6.07, 6.45) is 6.66. The molecule has 3 rings (SSSR count). The Labute approximate surface area is 125 Å². The highest BCUT2D eigenvalue weighted by molar-refractivity contribution is 9.10. The maximum absolute atomic E-state index is 11.3. The first kappa shape index (κ1) is 13.9. The number of aliphatic hydroxyl groups is 1. The van der Waals surface area contributed by atoms with Gasteiger partial charge in [-0.05, 0) is 30.0 Å². The number of hydrogen-bond donors (Lipinski definition) is 3. The van der Waals surface area contributed by atoms with Crippen molar-refractivity contribution in [2.45, 2.75) is 44.6 Å². The Balaban J connectivity index is 1.84. The van der Waals surface area contributed by atoms with E-state index < -0.39 is 6.10 Å². The lowest BCUT2D eigenvalue weighted by Gasteiger charge is -2.24. The van der Waals surface area contributed by atoms with Crippen molar-refractivity contribution >= 4 is 27.0 Å². The summed E-state index contributed by atoms with van der Waals surface area (Å²) >= 11 is 3.50. The van der Waals surface area contributed by atoms with Crippen LogP contribution in [0.25, 0.3) is 11.0 Å². The topological polar surface area (TPSA) is 68.9 Å². The average Bonchev–Trinajstić information content (AvgIpc) is 2.78. The fraction of sp³-hybridized carbons (Fsp3) is 0.533. The predicted octanol–water partition coefficient (Wildman–Crippen LogP) is 3.62. The van der Waals surface area contributed by atoms with Gasteiger partial charge in [0.25, 0.3) is 0 Å². The first-order valence-corrected chi connectivity index (χ1v) is 8.02. The van der Waals surface area contributed by atoms with Crippen LogP contribution in [-0.2, 0) is 0 Å². The molecule has 0 saturated heterocycles. The molecule has 3 N–H and O–H groups in total. The molecule has 20 heavy (non-hydrogen) atoms. The molecule has 4 nitrogen and oxygen atoms in total. The van der Waals surface area contributed by atoms with Crippen molar-refractivity contribution in [3.8, 4) is 0 Å². The molecule has 1 aromatic carbocycles. The normalized spacial score (nSPS) is 18.5. The summed E-state index contributed by atoms with van der Waals surface area (Å²) in [5, 5.41) is 10.5. The van der Waals surface area contributed by atoms with Crippen molar-refractivity contribution in [2.75, 3.05) is 0 Å². The molecule has 2 aromatic rings. The SMILES string of the molecule is O=c1[nH]c2cc(Br)c(C(O)CC3CCCCC3)cc2[nH]1. The van der Waals surface area contributed by atoms with Gasteiger partial charge in [0.1, 0.15) is 0 Å². The lowest BCUT2D eigenvalue weighted by molar-refractivity contribution is 0.131. The summed E-state index contributed by atoms with van der Waals surface area (Å²) in [7, 11) is 0. The summed E-state index contributed by atoms with van der Waals surface area (Å²) in [4.78, 5) is 16.8. The largest absolute Gasteiger partial charge is 0.388 e. The maximum atomic E-state index is 11.3. The Morgan fingerprint density at radius 3 is 2.55 bits per heavy atom. The molecular weight excluding hydrogens is 320 g/mol. The number of rotatable bonds is 3. The number of aromatic amines is 2. The fourth-order valence-electron chi connectivity index (χ4n) is 3.19. The third-order valence-corrected chi connectivity index (χ3v) is 4.96. The van der Waals surface area contributed by atoms with Gasteiger partial charge in [0.15, 0.2) is 0 Å². The summed E-state index contributed by atoms with van der Waals surface area (Å²) < 4.78 is 0.851. The van der Waals surface area contributed by atoms with E-state index in [-0.39, 0.29) is 5.69 Å². The Morgan fingerprint density at radius 2 is 1.85 bits per heavy atom. The molecule has 0 aliphatic heterocycles. The van der Waals surface area contributed by atoms with Gasteiger partial charge >= 0.3 is 5.69 Å². The minimum absolute atomic E-state index is 0.217. The van der Waals surface area contributed by atoms with Gasteiger partial charge in [-0.3, -0.25) is 0 Å². The Morgan fingerprint density at radius 1 is 1.20 bits per heavy atom. The van der Waals surface area contributed by atoms with Gasteiger partial charge in [-0.15, -0.1) is 0 Å². The zero-order chi connectivity index (χ0) is 14.1. The number of fused-ring (bicyclic) bond motifs is 1. The van der Waals surface area contributed by atoms with Gasteiger partial charge in [-0.2, -0.15) is 0 Å². The average molecular weight is 339 g/mol. The molecule has 1 unspecified atom stereocenters. The van der Waals surface area contributed by atoms with E-state index in [0.29, 0.717) is 5.92 Å². The van der Waals surface area contributed by atoms with Crippen LogP contribution in [0.15, 0.2) is 21.4 Å². The van der Waals surface area contributed by atoms with E-state index in [1.54, 1.807) is 0 Å². The fourth-order valence-corrected chi connectivity index (χ4v) is 3.80. The first-order chi connectivity index (χ1) is 9.63. The van der Waals surface area contributed by atoms with Crippen LogP contribution in [0.5, 0.6) is 0 Å². The van der Waals surface area contributed by atoms with Crippen molar-refractivity contribution in [3.05, 3.63) is 32.7 Å². The highest BCUT2D eigenvalue weighted by Crippen LogP contribution is 2.35. The van der Waals surface area contributed by atoms with Gasteiger partial charge in [0.2, 0.25) is 0 Å². The van der Waals surface area contributed by atoms with Crippen LogP contribution in [-0.4, -0.2) is 15.1 Å². The molecule has 1 aliphatic rings. The number of hydrogen-bond acceptors (Lipinski definition) is 2. The Bertz CT molecular complexity index is 655. The minimum atomic E-state index is -0.477. The summed E-state index contributed by atoms with van der Waals surface area (Å²) in [6, 6.07) is 3.72. The molecular formula is C15H19BrN2O2. The molecule has 1 atom stereocenters. The molecule has 0 radical (unpaired) electrons. The molecule has 5 heteroatoms. The van der Waals surface area contributed by atoms with Gasteiger partial charge in [0, 0.05) is 4.47 Å². The number of nitrogens with one attached hydrogen (secondary N) is 2. The number of H-pyrrole nitrogens is 2. The maximum Gasteiger partial charge on any atom is 0.323 e. The molecule has 1 aromatic heterocycles. The van der Waals surface area contributed by atoms with Gasteiger partial charge in [-0.25, -0.2) is 4.79 Å². The minimum Gasteiger partial charge on any atom is -0.388 e. The zero-order valence-corrected chi connectivity index (χ0v) is 12.9. The standard InChI is InChI=1S/C15H19BrN2O2/c16-11-8-13-12(17-15(20)18-13)7-10(11)14(19)6-9-4-2-1-3-5-9/h7-9,14,19H,1-6H2,(H2,17,18,20). The second-order valence-corrected chi connectivity index (χ2v) is 6.61. The lowest BCUT2D eigenvalue weighted by Crippen LogP contribution is -2.11. The van der Waals surface area contributed by atoms with Crippen molar-refractivity contribution in [3.63, 3.8) is 0 Å². The van der Waals surface area contributed by atoms with Gasteiger partial charge in [-0.1, -0.05) is 48.0 Å². The second-order valence-electron chi connectivity index (χ2n) is 5.75. The van der Waals surface area contributed by atoms with E-state index in [9.17, 15) is 9.90 Å². The highest BCUT2D eigenvalue weighted by atomic mass is 79.9. The van der Waals surface area contributed by atoms with E-state index in [2.05, 4.69) is 25.9 Å². The molecule has 108 valence electrons. The van der Waals surface area contributed by atoms with E-state index in [4.69, 9.17) is 0 Å². The molecule has 1 heterocycles. The molecule has 0 spiro atoms. The van der Waals surface area contributed by atoms with Crippen molar-refractivity contribution < 1.29 is 5.11 Å². The van der Waals surface area contributed by atoms with E-state index in [0.717, 1.165) is 27.5 Å². The third-order valence-electron chi connectivity index (χ3n) is 4.27. The number of halogens is 1. The lowest BCUT2D eigenvalue weighted by atomic mass is 9.84. The van der Waals surface area contributed by atoms with Crippen LogP contribution in [0.3, 0.4) is 0 Å². The Hall–Kier alpha value is -1.07.